The fraction of sp³-hybridized carbons (Fsp3) is 0.0909. The van der Waals surface area contributed by atoms with Crippen molar-refractivity contribution in [2.75, 3.05) is 0 Å². The Hall–Kier alpha value is -2.21. The van der Waals surface area contributed by atoms with Crippen LogP contribution >= 0.6 is 11.6 Å². The Morgan fingerprint density at radius 3 is 2.67 bits per heavy atom. The molecule has 3 aromatic rings. The molecule has 0 fully saturated rings. The van der Waals surface area contributed by atoms with Crippen LogP contribution in [0.15, 0.2) is 24.7 Å². The Morgan fingerprint density at radius 2 is 1.83 bits per heavy atom. The standard InChI is InChI=1S/C11H7ClN6/c1-6-16-9(18-11(12)17-6)7-4-8-10(15-5-7)14-3-2-13-8/h2-5H,1H3. The normalized spacial score (nSPS) is 10.8. The highest BCUT2D eigenvalue weighted by atomic mass is 35.5. The molecule has 0 spiro atoms. The van der Waals surface area contributed by atoms with Crippen molar-refractivity contribution in [1.29, 1.82) is 0 Å². The van der Waals surface area contributed by atoms with Crippen LogP contribution < -0.4 is 0 Å². The quantitative estimate of drug-likeness (QED) is 0.663. The van der Waals surface area contributed by atoms with Gasteiger partial charge in [-0.05, 0) is 24.6 Å². The number of hydrogen-bond acceptors (Lipinski definition) is 6. The van der Waals surface area contributed by atoms with Crippen molar-refractivity contribution in [2.24, 2.45) is 0 Å². The lowest BCUT2D eigenvalue weighted by Crippen LogP contribution is -1.97. The van der Waals surface area contributed by atoms with Crippen LogP contribution in [0.2, 0.25) is 5.28 Å². The highest BCUT2D eigenvalue weighted by molar-refractivity contribution is 6.28. The van der Waals surface area contributed by atoms with E-state index in [0.717, 1.165) is 5.56 Å². The van der Waals surface area contributed by atoms with Crippen molar-refractivity contribution in [2.45, 2.75) is 6.92 Å². The van der Waals surface area contributed by atoms with Crippen molar-refractivity contribution < 1.29 is 0 Å². The first-order chi connectivity index (χ1) is 8.72. The summed E-state index contributed by atoms with van der Waals surface area (Å²) < 4.78 is 0. The molecule has 0 saturated carbocycles. The monoisotopic (exact) mass is 258 g/mol. The van der Waals surface area contributed by atoms with Gasteiger partial charge in [-0.15, -0.1) is 0 Å². The summed E-state index contributed by atoms with van der Waals surface area (Å²) in [7, 11) is 0. The summed E-state index contributed by atoms with van der Waals surface area (Å²) in [5.41, 5.74) is 2.00. The summed E-state index contributed by atoms with van der Waals surface area (Å²) in [5, 5.41) is 0.164. The maximum Gasteiger partial charge on any atom is 0.226 e. The number of hydrogen-bond donors (Lipinski definition) is 0. The largest absolute Gasteiger partial charge is 0.251 e. The molecule has 88 valence electrons. The van der Waals surface area contributed by atoms with Gasteiger partial charge in [0.2, 0.25) is 5.28 Å². The molecular weight excluding hydrogens is 252 g/mol. The minimum absolute atomic E-state index is 0.164. The average Bonchev–Trinajstić information content (AvgIpc) is 2.37. The first-order valence-electron chi connectivity index (χ1n) is 5.18. The van der Waals surface area contributed by atoms with Gasteiger partial charge in [0.25, 0.3) is 0 Å². The van der Waals surface area contributed by atoms with Gasteiger partial charge < -0.3 is 0 Å². The Balaban J connectivity index is 2.19. The molecule has 3 rings (SSSR count). The second kappa shape index (κ2) is 4.23. The molecule has 0 aliphatic heterocycles. The summed E-state index contributed by atoms with van der Waals surface area (Å²) in [4.78, 5) is 24.7. The number of nitrogens with zero attached hydrogens (tertiary/aromatic N) is 6. The zero-order valence-corrected chi connectivity index (χ0v) is 10.1. The third kappa shape index (κ3) is 1.98. The van der Waals surface area contributed by atoms with Crippen molar-refractivity contribution in [1.82, 2.24) is 29.9 Å². The summed E-state index contributed by atoms with van der Waals surface area (Å²) in [6.07, 6.45) is 4.85. The van der Waals surface area contributed by atoms with E-state index >= 15 is 0 Å². The molecule has 0 amide bonds. The third-order valence-corrected chi connectivity index (χ3v) is 2.47. The van der Waals surface area contributed by atoms with Gasteiger partial charge in [0, 0.05) is 24.2 Å². The zero-order valence-electron chi connectivity index (χ0n) is 9.37. The first-order valence-corrected chi connectivity index (χ1v) is 5.55. The zero-order chi connectivity index (χ0) is 12.5. The second-order valence-electron chi connectivity index (χ2n) is 3.60. The lowest BCUT2D eigenvalue weighted by atomic mass is 10.2. The van der Waals surface area contributed by atoms with E-state index in [2.05, 4.69) is 29.9 Å². The van der Waals surface area contributed by atoms with E-state index in [9.17, 15) is 0 Å². The van der Waals surface area contributed by atoms with Gasteiger partial charge in [-0.25, -0.2) is 19.9 Å². The smallest absolute Gasteiger partial charge is 0.226 e. The van der Waals surface area contributed by atoms with Crippen molar-refractivity contribution >= 4 is 22.8 Å². The van der Waals surface area contributed by atoms with Gasteiger partial charge in [-0.2, -0.15) is 4.98 Å². The van der Waals surface area contributed by atoms with E-state index in [0.29, 0.717) is 22.8 Å². The van der Waals surface area contributed by atoms with E-state index in [1.165, 1.54) is 0 Å². The number of fused-ring (bicyclic) bond motifs is 1. The molecule has 0 bridgehead atoms. The van der Waals surface area contributed by atoms with E-state index < -0.39 is 0 Å². The van der Waals surface area contributed by atoms with Crippen LogP contribution in [-0.4, -0.2) is 29.9 Å². The molecule has 0 radical (unpaired) electrons. The summed E-state index contributed by atoms with van der Waals surface area (Å²) in [5.74, 6) is 1.04. The minimum atomic E-state index is 0.164. The van der Waals surface area contributed by atoms with Crippen LogP contribution in [0.5, 0.6) is 0 Å². The molecule has 7 heteroatoms. The van der Waals surface area contributed by atoms with E-state index in [1.54, 1.807) is 25.5 Å². The van der Waals surface area contributed by atoms with Gasteiger partial charge in [-0.3, -0.25) is 4.98 Å². The van der Waals surface area contributed by atoms with Crippen LogP contribution in [0.3, 0.4) is 0 Å². The summed E-state index contributed by atoms with van der Waals surface area (Å²) in [6, 6.07) is 1.82. The Kier molecular flexibility index (Phi) is 2.56. The van der Waals surface area contributed by atoms with E-state index in [-0.39, 0.29) is 5.28 Å². The Morgan fingerprint density at radius 1 is 1.00 bits per heavy atom. The maximum absolute atomic E-state index is 5.81. The number of halogens is 1. The molecule has 3 aromatic heterocycles. The third-order valence-electron chi connectivity index (χ3n) is 2.30. The molecule has 0 unspecified atom stereocenters. The van der Waals surface area contributed by atoms with Crippen LogP contribution in [-0.2, 0) is 0 Å². The lowest BCUT2D eigenvalue weighted by molar-refractivity contribution is 0.982. The van der Waals surface area contributed by atoms with Gasteiger partial charge in [0.05, 0.1) is 0 Å². The fourth-order valence-electron chi connectivity index (χ4n) is 1.56. The van der Waals surface area contributed by atoms with Gasteiger partial charge in [-0.1, -0.05) is 0 Å². The van der Waals surface area contributed by atoms with Crippen LogP contribution in [0.25, 0.3) is 22.6 Å². The van der Waals surface area contributed by atoms with Crippen molar-refractivity contribution in [3.05, 3.63) is 35.8 Å². The molecule has 0 saturated heterocycles. The molecular formula is C11H7ClN6. The van der Waals surface area contributed by atoms with E-state index in [1.807, 2.05) is 6.07 Å². The molecule has 0 aliphatic carbocycles. The lowest BCUT2D eigenvalue weighted by Gasteiger charge is -2.02. The van der Waals surface area contributed by atoms with Crippen molar-refractivity contribution in [3.8, 4) is 11.4 Å². The molecule has 0 atom stereocenters. The SMILES string of the molecule is Cc1nc(Cl)nc(-c2cnc3nccnc3c2)n1. The first kappa shape index (κ1) is 10.9. The molecule has 0 aromatic carbocycles. The van der Waals surface area contributed by atoms with Crippen LogP contribution in [0.4, 0.5) is 0 Å². The summed E-state index contributed by atoms with van der Waals surface area (Å²) in [6.45, 7) is 1.76. The molecule has 0 N–H and O–H groups in total. The summed E-state index contributed by atoms with van der Waals surface area (Å²) >= 11 is 5.81. The number of pyridine rings is 1. The van der Waals surface area contributed by atoms with Gasteiger partial charge in [0.15, 0.2) is 11.5 Å². The Bertz CT molecular complexity index is 709. The second-order valence-corrected chi connectivity index (χ2v) is 3.94. The Labute approximate surface area is 107 Å². The number of rotatable bonds is 1. The fourth-order valence-corrected chi connectivity index (χ4v) is 1.76. The predicted octanol–water partition coefficient (Wildman–Crippen LogP) is 1.84. The van der Waals surface area contributed by atoms with Gasteiger partial charge in [0.1, 0.15) is 11.3 Å². The predicted molar refractivity (Wildman–Crippen MR) is 65.9 cm³/mol. The maximum atomic E-state index is 5.81. The topological polar surface area (TPSA) is 77.3 Å². The molecule has 6 nitrogen and oxygen atoms in total. The average molecular weight is 259 g/mol. The number of aromatic nitrogens is 6. The van der Waals surface area contributed by atoms with Crippen LogP contribution in [0.1, 0.15) is 5.82 Å². The minimum Gasteiger partial charge on any atom is -0.251 e. The molecule has 3 heterocycles. The van der Waals surface area contributed by atoms with Crippen molar-refractivity contribution in [3.63, 3.8) is 0 Å². The molecule has 18 heavy (non-hydrogen) atoms. The highest BCUT2D eigenvalue weighted by Crippen LogP contribution is 2.18. The highest BCUT2D eigenvalue weighted by Gasteiger charge is 2.07. The van der Waals surface area contributed by atoms with Gasteiger partial charge >= 0.3 is 0 Å². The van der Waals surface area contributed by atoms with Crippen LogP contribution in [0, 0.1) is 6.92 Å². The molecule has 0 aliphatic rings. The van der Waals surface area contributed by atoms with E-state index in [4.69, 9.17) is 11.6 Å². The number of aryl methyl sites for hydroxylation is 1.